The molecule has 3 aromatic rings. The second kappa shape index (κ2) is 12.1. The minimum Gasteiger partial charge on any atom is -0.481 e. The molecule has 0 aliphatic heterocycles. The molecule has 3 rings (SSSR count). The summed E-state index contributed by atoms with van der Waals surface area (Å²) < 4.78 is 10.5. The topological polar surface area (TPSA) is 100 Å². The first-order valence-electron chi connectivity index (χ1n) is 10.4. The minimum atomic E-state index is 0.347. The average Bonchev–Trinajstić information content (AvgIpc) is 2.86. The molecular formula is C24H27N5O4. The lowest BCUT2D eigenvalue weighted by atomic mass is 10.1. The molecule has 0 bridgehead atoms. The maximum absolute atomic E-state index is 5.64. The van der Waals surface area contributed by atoms with Crippen molar-refractivity contribution in [3.05, 3.63) is 77.4 Å². The molecule has 9 nitrogen and oxygen atoms in total. The van der Waals surface area contributed by atoms with E-state index in [4.69, 9.17) is 19.1 Å². The van der Waals surface area contributed by atoms with E-state index in [0.29, 0.717) is 29.9 Å². The Labute approximate surface area is 193 Å². The number of hydrogen-bond acceptors (Lipinski definition) is 9. The van der Waals surface area contributed by atoms with Crippen molar-refractivity contribution >= 4 is 11.4 Å². The van der Waals surface area contributed by atoms with Crippen LogP contribution in [-0.4, -0.2) is 54.3 Å². The fourth-order valence-corrected chi connectivity index (χ4v) is 2.97. The van der Waals surface area contributed by atoms with Crippen LogP contribution in [0.15, 0.2) is 64.9 Å². The summed E-state index contributed by atoms with van der Waals surface area (Å²) in [6.07, 6.45) is 1.46. The van der Waals surface area contributed by atoms with Gasteiger partial charge in [-0.25, -0.2) is 0 Å². The van der Waals surface area contributed by atoms with E-state index in [0.717, 1.165) is 35.5 Å². The zero-order valence-corrected chi connectivity index (χ0v) is 19.2. The van der Waals surface area contributed by atoms with Crippen LogP contribution < -0.4 is 9.47 Å². The Kier molecular flexibility index (Phi) is 8.70. The number of pyridine rings is 1. The highest BCUT2D eigenvalue weighted by Crippen LogP contribution is 2.18. The molecule has 0 fully saturated rings. The molecule has 0 aliphatic rings. The number of methoxy groups -OCH3 is 2. The van der Waals surface area contributed by atoms with Gasteiger partial charge >= 0.3 is 0 Å². The summed E-state index contributed by atoms with van der Waals surface area (Å²) in [6.45, 7) is 2.25. The van der Waals surface area contributed by atoms with Gasteiger partial charge in [-0.15, -0.1) is 0 Å². The van der Waals surface area contributed by atoms with Gasteiger partial charge < -0.3 is 19.1 Å². The van der Waals surface area contributed by atoms with E-state index in [1.165, 1.54) is 21.3 Å². The third kappa shape index (κ3) is 6.73. The van der Waals surface area contributed by atoms with Crippen molar-refractivity contribution in [1.82, 2.24) is 15.0 Å². The molecular weight excluding hydrogens is 422 g/mol. The lowest BCUT2D eigenvalue weighted by Gasteiger charge is -2.09. The van der Waals surface area contributed by atoms with Gasteiger partial charge in [0.25, 0.3) is 0 Å². The molecule has 33 heavy (non-hydrogen) atoms. The Morgan fingerprint density at radius 3 is 2.24 bits per heavy atom. The first-order chi connectivity index (χ1) is 16.1. The Hall–Kier alpha value is -4.01. The summed E-state index contributed by atoms with van der Waals surface area (Å²) in [5.41, 5.74) is 3.74. The number of nitrogens with zero attached hydrogens (tertiary/aromatic N) is 5. The molecule has 172 valence electrons. The molecule has 0 N–H and O–H groups in total. The van der Waals surface area contributed by atoms with Crippen LogP contribution in [0.4, 0.5) is 0 Å². The summed E-state index contributed by atoms with van der Waals surface area (Å²) in [5.74, 6) is 1.09. The van der Waals surface area contributed by atoms with Crippen molar-refractivity contribution in [3.8, 4) is 11.8 Å². The van der Waals surface area contributed by atoms with Crippen LogP contribution in [0.25, 0.3) is 0 Å². The summed E-state index contributed by atoms with van der Waals surface area (Å²) in [4.78, 5) is 23.9. The smallest absolute Gasteiger partial charge is 0.220 e. The molecule has 0 saturated carbocycles. The quantitative estimate of drug-likeness (QED) is 0.250. The van der Waals surface area contributed by atoms with Crippen molar-refractivity contribution in [3.63, 3.8) is 0 Å². The van der Waals surface area contributed by atoms with E-state index in [1.807, 2.05) is 55.5 Å². The maximum Gasteiger partial charge on any atom is 0.220 e. The molecule has 0 atom stereocenters. The average molecular weight is 450 g/mol. The number of rotatable bonds is 11. The lowest BCUT2D eigenvalue weighted by molar-refractivity contribution is 0.142. The largest absolute Gasteiger partial charge is 0.481 e. The Morgan fingerprint density at radius 2 is 1.58 bits per heavy atom. The van der Waals surface area contributed by atoms with E-state index in [1.54, 1.807) is 6.07 Å². The van der Waals surface area contributed by atoms with E-state index in [-0.39, 0.29) is 0 Å². The van der Waals surface area contributed by atoms with Gasteiger partial charge in [0.2, 0.25) is 11.8 Å². The van der Waals surface area contributed by atoms with Crippen LogP contribution in [0, 0.1) is 0 Å². The van der Waals surface area contributed by atoms with Gasteiger partial charge in [0.05, 0.1) is 26.0 Å². The maximum atomic E-state index is 5.64. The van der Waals surface area contributed by atoms with Gasteiger partial charge in [-0.1, -0.05) is 46.7 Å². The Bertz CT molecular complexity index is 1080. The zero-order valence-electron chi connectivity index (χ0n) is 19.2. The van der Waals surface area contributed by atoms with E-state index < -0.39 is 0 Å². The van der Waals surface area contributed by atoms with Crippen LogP contribution in [0.1, 0.15) is 36.1 Å². The molecule has 0 amide bonds. The lowest BCUT2D eigenvalue weighted by Crippen LogP contribution is -2.11. The van der Waals surface area contributed by atoms with Crippen LogP contribution in [0.2, 0.25) is 0 Å². The van der Waals surface area contributed by atoms with E-state index in [9.17, 15) is 0 Å². The van der Waals surface area contributed by atoms with Crippen molar-refractivity contribution < 1.29 is 19.1 Å². The first kappa shape index (κ1) is 23.6. The monoisotopic (exact) mass is 449 g/mol. The van der Waals surface area contributed by atoms with Gasteiger partial charge in [0, 0.05) is 11.3 Å². The minimum absolute atomic E-state index is 0.347. The van der Waals surface area contributed by atoms with Gasteiger partial charge in [-0.05, 0) is 31.9 Å². The highest BCUT2D eigenvalue weighted by Gasteiger charge is 2.15. The number of benzene rings is 1. The standard InChI is InChI=1S/C24H27N5O4/c1-17(28-32-4)20-14-8-12-19(25-20)13-9-15-33-29-23(18-10-6-5-7-11-18)24-26-21(30-2)16-22(27-24)31-3/h5-8,10-12,14,16H,9,13,15H2,1-4H3. The predicted molar refractivity (Wildman–Crippen MR) is 125 cm³/mol. The van der Waals surface area contributed by atoms with Gasteiger partial charge in [-0.2, -0.15) is 9.97 Å². The zero-order chi connectivity index (χ0) is 23.5. The molecule has 2 heterocycles. The van der Waals surface area contributed by atoms with E-state index >= 15 is 0 Å². The van der Waals surface area contributed by atoms with Gasteiger partial charge in [0.1, 0.15) is 19.4 Å². The van der Waals surface area contributed by atoms with Crippen molar-refractivity contribution in [2.45, 2.75) is 19.8 Å². The normalized spacial score (nSPS) is 11.8. The number of ether oxygens (including phenoxy) is 2. The molecule has 9 heteroatoms. The summed E-state index contributed by atoms with van der Waals surface area (Å²) in [7, 11) is 4.58. The summed E-state index contributed by atoms with van der Waals surface area (Å²) in [5, 5.41) is 8.27. The predicted octanol–water partition coefficient (Wildman–Crippen LogP) is 3.66. The molecule has 0 saturated heterocycles. The third-order valence-corrected chi connectivity index (χ3v) is 4.59. The number of aryl methyl sites for hydroxylation is 1. The molecule has 0 radical (unpaired) electrons. The highest BCUT2D eigenvalue weighted by molar-refractivity contribution is 6.10. The van der Waals surface area contributed by atoms with Crippen LogP contribution in [-0.2, 0) is 16.1 Å². The Balaban J connectivity index is 1.71. The van der Waals surface area contributed by atoms with Crippen molar-refractivity contribution in [2.75, 3.05) is 27.9 Å². The summed E-state index contributed by atoms with van der Waals surface area (Å²) in [6, 6.07) is 17.0. The number of oxime groups is 2. The van der Waals surface area contributed by atoms with Gasteiger partial charge in [0.15, 0.2) is 11.5 Å². The fraction of sp³-hybridized carbons (Fsp3) is 0.292. The molecule has 1 aromatic carbocycles. The van der Waals surface area contributed by atoms with Crippen LogP contribution >= 0.6 is 0 Å². The molecule has 2 aromatic heterocycles. The van der Waals surface area contributed by atoms with E-state index in [2.05, 4.69) is 25.3 Å². The summed E-state index contributed by atoms with van der Waals surface area (Å²) >= 11 is 0. The Morgan fingerprint density at radius 1 is 0.848 bits per heavy atom. The number of hydrogen-bond donors (Lipinski definition) is 0. The molecule has 0 aliphatic carbocycles. The second-order valence-electron chi connectivity index (χ2n) is 6.89. The first-order valence-corrected chi connectivity index (χ1v) is 10.4. The second-order valence-corrected chi connectivity index (χ2v) is 6.89. The number of aromatic nitrogens is 3. The highest BCUT2D eigenvalue weighted by atomic mass is 16.6. The van der Waals surface area contributed by atoms with Crippen LogP contribution in [0.5, 0.6) is 11.8 Å². The fourth-order valence-electron chi connectivity index (χ4n) is 2.97. The SMILES string of the molecule is CON=C(C)c1cccc(CCCON=C(c2ccccc2)c2nc(OC)cc(OC)n2)n1. The molecule has 0 spiro atoms. The third-order valence-electron chi connectivity index (χ3n) is 4.59. The van der Waals surface area contributed by atoms with Crippen LogP contribution in [0.3, 0.4) is 0 Å². The van der Waals surface area contributed by atoms with Crippen molar-refractivity contribution in [2.24, 2.45) is 10.3 Å². The van der Waals surface area contributed by atoms with Crippen molar-refractivity contribution in [1.29, 1.82) is 0 Å². The molecule has 0 unspecified atom stereocenters. The van der Waals surface area contributed by atoms with Gasteiger partial charge in [-0.3, -0.25) is 4.98 Å².